The van der Waals surface area contributed by atoms with Crippen LogP contribution in [0.5, 0.6) is 5.75 Å². The molecule has 0 unspecified atom stereocenters. The van der Waals surface area contributed by atoms with Crippen LogP contribution in [0, 0.1) is 0 Å². The monoisotopic (exact) mass is 376 g/mol. The number of H-pyrrole nitrogens is 1. The molecular formula is C22H17ClN2O2. The highest BCUT2D eigenvalue weighted by Gasteiger charge is 2.06. The van der Waals surface area contributed by atoms with Gasteiger partial charge in [0.25, 0.3) is 5.91 Å². The minimum Gasteiger partial charge on any atom is -0.484 e. The molecule has 0 radical (unpaired) electrons. The number of para-hydroxylation sites is 1. The number of aromatic amines is 1. The molecule has 1 aromatic heterocycles. The van der Waals surface area contributed by atoms with Crippen LogP contribution in [-0.2, 0) is 4.79 Å². The molecule has 0 bridgehead atoms. The van der Waals surface area contributed by atoms with Gasteiger partial charge in [-0.25, -0.2) is 0 Å². The second kappa shape index (κ2) is 7.56. The maximum atomic E-state index is 12.0. The molecule has 0 saturated heterocycles. The Bertz CT molecular complexity index is 1070. The van der Waals surface area contributed by atoms with Crippen molar-refractivity contribution in [2.45, 2.75) is 0 Å². The minimum atomic E-state index is -0.202. The SMILES string of the molecule is O=C(COc1ccccc1)Nc1ccc(-c2cc3cc(Cl)ccc3[nH]2)cc1. The first-order valence-electron chi connectivity index (χ1n) is 8.54. The molecule has 0 aliphatic rings. The first kappa shape index (κ1) is 17.2. The molecule has 0 aliphatic heterocycles. The second-order valence-electron chi connectivity index (χ2n) is 6.14. The van der Waals surface area contributed by atoms with Gasteiger partial charge in [-0.3, -0.25) is 4.79 Å². The van der Waals surface area contributed by atoms with Crippen LogP contribution in [0.2, 0.25) is 5.02 Å². The summed E-state index contributed by atoms with van der Waals surface area (Å²) >= 11 is 6.04. The van der Waals surface area contributed by atoms with E-state index in [2.05, 4.69) is 16.4 Å². The lowest BCUT2D eigenvalue weighted by Crippen LogP contribution is -2.20. The van der Waals surface area contributed by atoms with Crippen LogP contribution < -0.4 is 10.1 Å². The van der Waals surface area contributed by atoms with Crippen LogP contribution in [-0.4, -0.2) is 17.5 Å². The summed E-state index contributed by atoms with van der Waals surface area (Å²) in [7, 11) is 0. The number of carbonyl (C=O) groups excluding carboxylic acids is 1. The molecule has 1 amide bonds. The number of rotatable bonds is 5. The summed E-state index contributed by atoms with van der Waals surface area (Å²) in [4.78, 5) is 15.4. The Morgan fingerprint density at radius 3 is 2.52 bits per heavy atom. The first-order chi connectivity index (χ1) is 13.2. The van der Waals surface area contributed by atoms with Crippen LogP contribution in [0.25, 0.3) is 22.2 Å². The van der Waals surface area contributed by atoms with E-state index in [1.54, 1.807) is 0 Å². The molecule has 27 heavy (non-hydrogen) atoms. The molecule has 2 N–H and O–H groups in total. The Hall–Kier alpha value is -3.24. The molecular weight excluding hydrogens is 360 g/mol. The van der Waals surface area contributed by atoms with Gasteiger partial charge in [0.2, 0.25) is 0 Å². The number of fused-ring (bicyclic) bond motifs is 1. The number of benzene rings is 3. The minimum absolute atomic E-state index is 0.0332. The van der Waals surface area contributed by atoms with Crippen LogP contribution in [0.15, 0.2) is 78.9 Å². The molecule has 4 nitrogen and oxygen atoms in total. The molecule has 4 rings (SSSR count). The summed E-state index contributed by atoms with van der Waals surface area (Å²) in [5.74, 6) is 0.466. The zero-order valence-electron chi connectivity index (χ0n) is 14.4. The lowest BCUT2D eigenvalue weighted by Gasteiger charge is -2.08. The van der Waals surface area contributed by atoms with Crippen molar-refractivity contribution in [3.05, 3.63) is 83.9 Å². The van der Waals surface area contributed by atoms with E-state index in [0.717, 1.165) is 27.8 Å². The number of carbonyl (C=O) groups is 1. The van der Waals surface area contributed by atoms with Crippen LogP contribution in [0.1, 0.15) is 0 Å². The van der Waals surface area contributed by atoms with Gasteiger partial charge in [-0.15, -0.1) is 0 Å². The summed E-state index contributed by atoms with van der Waals surface area (Å²) < 4.78 is 5.45. The van der Waals surface area contributed by atoms with E-state index >= 15 is 0 Å². The third kappa shape index (κ3) is 4.13. The molecule has 0 saturated carbocycles. The van der Waals surface area contributed by atoms with Crippen molar-refractivity contribution in [2.75, 3.05) is 11.9 Å². The van der Waals surface area contributed by atoms with E-state index in [1.165, 1.54) is 0 Å². The normalized spacial score (nSPS) is 10.7. The Kier molecular flexibility index (Phi) is 4.81. The molecule has 4 aromatic rings. The van der Waals surface area contributed by atoms with E-state index in [4.69, 9.17) is 16.3 Å². The lowest BCUT2D eigenvalue weighted by atomic mass is 10.1. The molecule has 0 atom stereocenters. The molecule has 3 aromatic carbocycles. The molecule has 0 aliphatic carbocycles. The van der Waals surface area contributed by atoms with Gasteiger partial charge in [0.1, 0.15) is 5.75 Å². The Morgan fingerprint density at radius 2 is 1.74 bits per heavy atom. The summed E-state index contributed by atoms with van der Waals surface area (Å²) in [5, 5.41) is 4.61. The summed E-state index contributed by atoms with van der Waals surface area (Å²) in [6.07, 6.45) is 0. The van der Waals surface area contributed by atoms with Gasteiger partial charge < -0.3 is 15.0 Å². The zero-order chi connectivity index (χ0) is 18.6. The number of ether oxygens (including phenoxy) is 1. The first-order valence-corrected chi connectivity index (χ1v) is 8.91. The highest BCUT2D eigenvalue weighted by Crippen LogP contribution is 2.27. The lowest BCUT2D eigenvalue weighted by molar-refractivity contribution is -0.118. The number of hydrogen-bond acceptors (Lipinski definition) is 2. The molecule has 0 spiro atoms. The fourth-order valence-corrected chi connectivity index (χ4v) is 3.04. The summed E-state index contributed by atoms with van der Waals surface area (Å²) in [6, 6.07) is 24.7. The van der Waals surface area contributed by atoms with E-state index in [0.29, 0.717) is 10.8 Å². The standard InChI is InChI=1S/C22H17ClN2O2/c23-17-8-11-20-16(12-17)13-21(25-20)15-6-9-18(10-7-15)24-22(26)14-27-19-4-2-1-3-5-19/h1-13,25H,14H2,(H,24,26). The van der Waals surface area contributed by atoms with Gasteiger partial charge >= 0.3 is 0 Å². The summed E-state index contributed by atoms with van der Waals surface area (Å²) in [6.45, 7) is -0.0332. The summed E-state index contributed by atoms with van der Waals surface area (Å²) in [5.41, 5.74) is 3.78. The fraction of sp³-hybridized carbons (Fsp3) is 0.0455. The predicted molar refractivity (Wildman–Crippen MR) is 109 cm³/mol. The molecule has 0 fully saturated rings. The smallest absolute Gasteiger partial charge is 0.262 e. The second-order valence-corrected chi connectivity index (χ2v) is 6.58. The molecule has 134 valence electrons. The fourth-order valence-electron chi connectivity index (χ4n) is 2.85. The van der Waals surface area contributed by atoms with Gasteiger partial charge in [0.15, 0.2) is 6.61 Å². The van der Waals surface area contributed by atoms with Crippen molar-refractivity contribution in [2.24, 2.45) is 0 Å². The van der Waals surface area contributed by atoms with Gasteiger partial charge in [-0.1, -0.05) is 41.9 Å². The van der Waals surface area contributed by atoms with Gasteiger partial charge in [0.05, 0.1) is 0 Å². The third-order valence-corrected chi connectivity index (χ3v) is 4.41. The van der Waals surface area contributed by atoms with Crippen molar-refractivity contribution >= 4 is 34.1 Å². The van der Waals surface area contributed by atoms with E-state index in [-0.39, 0.29) is 12.5 Å². The number of aromatic nitrogens is 1. The Balaban J connectivity index is 1.41. The van der Waals surface area contributed by atoms with Crippen molar-refractivity contribution in [3.63, 3.8) is 0 Å². The molecule has 1 heterocycles. The number of anilines is 1. The van der Waals surface area contributed by atoms with E-state index < -0.39 is 0 Å². The van der Waals surface area contributed by atoms with Crippen molar-refractivity contribution in [3.8, 4) is 17.0 Å². The largest absolute Gasteiger partial charge is 0.484 e. The van der Waals surface area contributed by atoms with Crippen molar-refractivity contribution < 1.29 is 9.53 Å². The van der Waals surface area contributed by atoms with E-state index in [1.807, 2.05) is 72.8 Å². The third-order valence-electron chi connectivity index (χ3n) is 4.18. The Labute approximate surface area is 161 Å². The Morgan fingerprint density at radius 1 is 0.963 bits per heavy atom. The van der Waals surface area contributed by atoms with E-state index in [9.17, 15) is 4.79 Å². The number of nitrogens with one attached hydrogen (secondary N) is 2. The highest BCUT2D eigenvalue weighted by molar-refractivity contribution is 6.31. The van der Waals surface area contributed by atoms with Gasteiger partial charge in [-0.2, -0.15) is 0 Å². The van der Waals surface area contributed by atoms with Crippen molar-refractivity contribution in [1.82, 2.24) is 4.98 Å². The van der Waals surface area contributed by atoms with Gasteiger partial charge in [-0.05, 0) is 54.1 Å². The zero-order valence-corrected chi connectivity index (χ0v) is 15.2. The number of amides is 1. The predicted octanol–water partition coefficient (Wildman–Crippen LogP) is 5.51. The maximum Gasteiger partial charge on any atom is 0.262 e. The van der Waals surface area contributed by atoms with Crippen LogP contribution in [0.4, 0.5) is 5.69 Å². The topological polar surface area (TPSA) is 54.1 Å². The quantitative estimate of drug-likeness (QED) is 0.482. The molecule has 5 heteroatoms. The van der Waals surface area contributed by atoms with Gasteiger partial charge in [0, 0.05) is 27.3 Å². The maximum absolute atomic E-state index is 12.0. The highest BCUT2D eigenvalue weighted by atomic mass is 35.5. The number of halogens is 1. The van der Waals surface area contributed by atoms with Crippen LogP contribution >= 0.6 is 11.6 Å². The van der Waals surface area contributed by atoms with Crippen molar-refractivity contribution in [1.29, 1.82) is 0 Å². The average molecular weight is 377 g/mol. The van der Waals surface area contributed by atoms with Crippen LogP contribution in [0.3, 0.4) is 0 Å². The average Bonchev–Trinajstić information content (AvgIpc) is 3.11. The number of hydrogen-bond donors (Lipinski definition) is 2.